The number of nitrogens with one attached hydrogen (secondary N) is 1. The molecule has 2 aromatic heterocycles. The molecule has 1 N–H and O–H groups in total. The van der Waals surface area contributed by atoms with Gasteiger partial charge in [0.25, 0.3) is 0 Å². The van der Waals surface area contributed by atoms with Crippen LogP contribution in [0.4, 0.5) is 5.95 Å². The Labute approximate surface area is 147 Å². The Balaban J connectivity index is 1.36. The van der Waals surface area contributed by atoms with Gasteiger partial charge in [-0.3, -0.25) is 4.90 Å². The van der Waals surface area contributed by atoms with Gasteiger partial charge in [0.15, 0.2) is 5.76 Å². The zero-order chi connectivity index (χ0) is 17.1. The van der Waals surface area contributed by atoms with Gasteiger partial charge in [-0.15, -0.1) is 0 Å². The molecular weight excluding hydrogens is 318 g/mol. The molecule has 0 unspecified atom stereocenters. The SMILES string of the molecule is Cc1cc(-c2cnc(NCCCN3CCOCC3)nc2C2CC2)on1. The van der Waals surface area contributed by atoms with Gasteiger partial charge in [0.05, 0.1) is 30.2 Å². The van der Waals surface area contributed by atoms with Crippen molar-refractivity contribution in [3.63, 3.8) is 0 Å². The quantitative estimate of drug-likeness (QED) is 0.774. The van der Waals surface area contributed by atoms with E-state index in [1.54, 1.807) is 0 Å². The molecule has 1 saturated carbocycles. The molecule has 25 heavy (non-hydrogen) atoms. The van der Waals surface area contributed by atoms with Crippen molar-refractivity contribution in [2.24, 2.45) is 0 Å². The van der Waals surface area contributed by atoms with E-state index < -0.39 is 0 Å². The predicted molar refractivity (Wildman–Crippen MR) is 94.6 cm³/mol. The Morgan fingerprint density at radius 1 is 1.28 bits per heavy atom. The van der Waals surface area contributed by atoms with Crippen LogP contribution < -0.4 is 5.32 Å². The molecule has 2 aliphatic rings. The predicted octanol–water partition coefficient (Wildman–Crippen LogP) is 2.45. The van der Waals surface area contributed by atoms with E-state index in [-0.39, 0.29) is 0 Å². The average molecular weight is 343 g/mol. The summed E-state index contributed by atoms with van der Waals surface area (Å²) in [4.78, 5) is 11.7. The van der Waals surface area contributed by atoms with Crippen molar-refractivity contribution >= 4 is 5.95 Å². The van der Waals surface area contributed by atoms with Gasteiger partial charge in [0.1, 0.15) is 0 Å². The Bertz CT molecular complexity index is 707. The molecule has 0 amide bonds. The molecule has 3 heterocycles. The maximum absolute atomic E-state index is 5.41. The molecule has 4 rings (SSSR count). The fourth-order valence-corrected chi connectivity index (χ4v) is 3.16. The third-order valence-corrected chi connectivity index (χ3v) is 4.71. The van der Waals surface area contributed by atoms with Crippen molar-refractivity contribution in [2.75, 3.05) is 44.7 Å². The first kappa shape index (κ1) is 16.5. The number of nitrogens with zero attached hydrogens (tertiary/aromatic N) is 4. The lowest BCUT2D eigenvalue weighted by Gasteiger charge is -2.26. The minimum Gasteiger partial charge on any atom is -0.379 e. The first-order valence-corrected chi connectivity index (χ1v) is 9.14. The van der Waals surface area contributed by atoms with Crippen LogP contribution in [0.15, 0.2) is 16.8 Å². The first-order valence-electron chi connectivity index (χ1n) is 9.14. The first-order chi connectivity index (χ1) is 12.3. The van der Waals surface area contributed by atoms with Crippen LogP contribution >= 0.6 is 0 Å². The average Bonchev–Trinajstić information content (AvgIpc) is 3.41. The molecule has 0 radical (unpaired) electrons. The lowest BCUT2D eigenvalue weighted by Crippen LogP contribution is -2.37. The van der Waals surface area contributed by atoms with Crippen molar-refractivity contribution in [3.8, 4) is 11.3 Å². The van der Waals surface area contributed by atoms with E-state index in [2.05, 4.69) is 20.4 Å². The summed E-state index contributed by atoms with van der Waals surface area (Å²) in [7, 11) is 0. The van der Waals surface area contributed by atoms with Crippen molar-refractivity contribution in [3.05, 3.63) is 23.7 Å². The molecule has 2 fully saturated rings. The second-order valence-corrected chi connectivity index (χ2v) is 6.83. The third-order valence-electron chi connectivity index (χ3n) is 4.71. The van der Waals surface area contributed by atoms with E-state index in [1.807, 2.05) is 19.2 Å². The Morgan fingerprint density at radius 2 is 2.12 bits per heavy atom. The number of morpholine rings is 1. The van der Waals surface area contributed by atoms with Gasteiger partial charge in [-0.25, -0.2) is 9.97 Å². The van der Waals surface area contributed by atoms with Crippen molar-refractivity contribution < 1.29 is 9.26 Å². The molecular formula is C18H25N5O2. The molecule has 7 heteroatoms. The number of hydrogen-bond acceptors (Lipinski definition) is 7. The molecule has 7 nitrogen and oxygen atoms in total. The Hall–Kier alpha value is -1.99. The number of aryl methyl sites for hydroxylation is 1. The van der Waals surface area contributed by atoms with E-state index in [9.17, 15) is 0 Å². The van der Waals surface area contributed by atoms with E-state index in [4.69, 9.17) is 14.2 Å². The summed E-state index contributed by atoms with van der Waals surface area (Å²) in [6, 6.07) is 1.94. The Kier molecular flexibility index (Phi) is 4.94. The number of rotatable bonds is 7. The topological polar surface area (TPSA) is 76.3 Å². The summed E-state index contributed by atoms with van der Waals surface area (Å²) in [5.41, 5.74) is 2.94. The van der Waals surface area contributed by atoms with Gasteiger partial charge in [0, 0.05) is 37.8 Å². The second-order valence-electron chi connectivity index (χ2n) is 6.83. The fraction of sp³-hybridized carbons (Fsp3) is 0.611. The largest absolute Gasteiger partial charge is 0.379 e. The van der Waals surface area contributed by atoms with Crippen LogP contribution in [0.25, 0.3) is 11.3 Å². The van der Waals surface area contributed by atoms with Gasteiger partial charge in [-0.1, -0.05) is 5.16 Å². The van der Waals surface area contributed by atoms with Gasteiger partial charge in [-0.2, -0.15) is 0 Å². The van der Waals surface area contributed by atoms with Gasteiger partial charge in [0.2, 0.25) is 5.95 Å². The molecule has 0 bridgehead atoms. The highest BCUT2D eigenvalue weighted by Crippen LogP contribution is 2.43. The molecule has 0 spiro atoms. The lowest BCUT2D eigenvalue weighted by atomic mass is 10.1. The number of hydrogen-bond donors (Lipinski definition) is 1. The van der Waals surface area contributed by atoms with Crippen LogP contribution in [0, 0.1) is 6.92 Å². The number of anilines is 1. The number of aromatic nitrogens is 3. The zero-order valence-electron chi connectivity index (χ0n) is 14.7. The maximum atomic E-state index is 5.41. The van der Waals surface area contributed by atoms with Crippen LogP contribution in [-0.2, 0) is 4.74 Å². The van der Waals surface area contributed by atoms with Crippen LogP contribution in [0.5, 0.6) is 0 Å². The molecule has 0 atom stereocenters. The van der Waals surface area contributed by atoms with Gasteiger partial charge < -0.3 is 14.6 Å². The standard InChI is InChI=1S/C18H25N5O2/c1-13-11-16(25-22-13)15-12-20-18(21-17(15)14-3-4-14)19-5-2-6-23-7-9-24-10-8-23/h11-12,14H,2-10H2,1H3,(H,19,20,21). The highest BCUT2D eigenvalue weighted by Gasteiger charge is 2.30. The minimum absolute atomic E-state index is 0.525. The summed E-state index contributed by atoms with van der Waals surface area (Å²) >= 11 is 0. The monoisotopic (exact) mass is 343 g/mol. The minimum atomic E-state index is 0.525. The van der Waals surface area contributed by atoms with Gasteiger partial charge in [-0.05, 0) is 32.7 Å². The van der Waals surface area contributed by atoms with Crippen LogP contribution in [0.1, 0.15) is 36.6 Å². The zero-order valence-corrected chi connectivity index (χ0v) is 14.7. The van der Waals surface area contributed by atoms with Crippen molar-refractivity contribution in [2.45, 2.75) is 32.1 Å². The summed E-state index contributed by atoms with van der Waals surface area (Å²) in [5, 5.41) is 7.35. The van der Waals surface area contributed by atoms with Gasteiger partial charge >= 0.3 is 0 Å². The van der Waals surface area contributed by atoms with Crippen LogP contribution in [0.2, 0.25) is 0 Å². The second kappa shape index (κ2) is 7.49. The summed E-state index contributed by atoms with van der Waals surface area (Å²) < 4.78 is 10.8. The van der Waals surface area contributed by atoms with Crippen LogP contribution in [-0.4, -0.2) is 59.4 Å². The smallest absolute Gasteiger partial charge is 0.222 e. The number of ether oxygens (including phenoxy) is 1. The third kappa shape index (κ3) is 4.16. The summed E-state index contributed by atoms with van der Waals surface area (Å²) in [5.74, 6) is 2.00. The molecule has 0 aromatic carbocycles. The molecule has 1 saturated heterocycles. The van der Waals surface area contributed by atoms with Crippen LogP contribution in [0.3, 0.4) is 0 Å². The molecule has 134 valence electrons. The maximum Gasteiger partial charge on any atom is 0.222 e. The summed E-state index contributed by atoms with van der Waals surface area (Å²) in [6.07, 6.45) is 5.32. The summed E-state index contributed by atoms with van der Waals surface area (Å²) in [6.45, 7) is 7.66. The molecule has 2 aromatic rings. The highest BCUT2D eigenvalue weighted by molar-refractivity contribution is 5.61. The van der Waals surface area contributed by atoms with Crippen molar-refractivity contribution in [1.82, 2.24) is 20.0 Å². The van der Waals surface area contributed by atoms with E-state index in [0.29, 0.717) is 11.9 Å². The molecule has 1 aliphatic heterocycles. The van der Waals surface area contributed by atoms with E-state index in [0.717, 1.165) is 68.5 Å². The normalized spacial score (nSPS) is 18.4. The fourth-order valence-electron chi connectivity index (χ4n) is 3.16. The Morgan fingerprint density at radius 3 is 2.84 bits per heavy atom. The highest BCUT2D eigenvalue weighted by atomic mass is 16.5. The van der Waals surface area contributed by atoms with E-state index >= 15 is 0 Å². The van der Waals surface area contributed by atoms with Crippen molar-refractivity contribution in [1.29, 1.82) is 0 Å². The molecule has 1 aliphatic carbocycles. The van der Waals surface area contributed by atoms with E-state index in [1.165, 1.54) is 12.8 Å². The lowest BCUT2D eigenvalue weighted by molar-refractivity contribution is 0.0378.